The molecule has 10 heteroatoms. The highest BCUT2D eigenvalue weighted by Gasteiger charge is 2.33. The average Bonchev–Trinajstić information content (AvgIpc) is 2.54. The highest BCUT2D eigenvalue weighted by Crippen LogP contribution is 2.35. The Morgan fingerprint density at radius 1 is 1.04 bits per heavy atom. The number of aromatic nitrogens is 2. The summed E-state index contributed by atoms with van der Waals surface area (Å²) in [4.78, 5) is 0. The van der Waals surface area contributed by atoms with Crippen LogP contribution in [0.2, 0.25) is 0 Å². The predicted octanol–water partition coefficient (Wildman–Crippen LogP) is 3.78. The number of halogens is 3. The molecule has 0 radical (unpaired) electrons. The second-order valence-corrected chi connectivity index (χ2v) is 7.09. The van der Waals surface area contributed by atoms with Crippen molar-refractivity contribution < 1.29 is 21.6 Å². The third-order valence-electron chi connectivity index (χ3n) is 3.19. The first kappa shape index (κ1) is 19.0. The van der Waals surface area contributed by atoms with E-state index in [1.807, 2.05) is 6.92 Å². The van der Waals surface area contributed by atoms with Crippen LogP contribution in [0.3, 0.4) is 0 Å². The highest BCUT2D eigenvalue weighted by molar-refractivity contribution is 7.92. The van der Waals surface area contributed by atoms with Crippen LogP contribution in [0.25, 0.3) is 0 Å². The van der Waals surface area contributed by atoms with Gasteiger partial charge in [0.15, 0.2) is 11.6 Å². The lowest BCUT2D eigenvalue weighted by Crippen LogP contribution is -2.17. The maximum absolute atomic E-state index is 13.0. The Balaban J connectivity index is 2.12. The predicted molar refractivity (Wildman–Crippen MR) is 89.1 cm³/mol. The van der Waals surface area contributed by atoms with Crippen molar-refractivity contribution in [1.82, 2.24) is 10.2 Å². The molecule has 1 heterocycles. The Labute approximate surface area is 143 Å². The molecule has 1 aromatic heterocycles. The summed E-state index contributed by atoms with van der Waals surface area (Å²) in [5, 5.41) is 9.91. The first-order valence-electron chi connectivity index (χ1n) is 7.49. The fourth-order valence-electron chi connectivity index (χ4n) is 1.98. The number of unbranched alkanes of at least 4 members (excludes halogenated alkanes) is 1. The molecular formula is C15H17F3N4O2S. The molecule has 0 unspecified atom stereocenters. The highest BCUT2D eigenvalue weighted by atomic mass is 32.2. The number of hydrogen-bond donors (Lipinski definition) is 2. The van der Waals surface area contributed by atoms with Crippen molar-refractivity contribution in [1.29, 1.82) is 0 Å². The van der Waals surface area contributed by atoms with Crippen molar-refractivity contribution in [3.8, 4) is 0 Å². The number of sulfonamides is 1. The average molecular weight is 374 g/mol. The van der Waals surface area contributed by atoms with Crippen molar-refractivity contribution in [2.24, 2.45) is 0 Å². The minimum atomic E-state index is -4.51. The van der Waals surface area contributed by atoms with E-state index in [4.69, 9.17) is 0 Å². The van der Waals surface area contributed by atoms with Crippen LogP contribution in [-0.2, 0) is 16.2 Å². The van der Waals surface area contributed by atoms with Crippen molar-refractivity contribution in [2.75, 3.05) is 15.8 Å². The topological polar surface area (TPSA) is 84.0 Å². The molecule has 0 aliphatic rings. The summed E-state index contributed by atoms with van der Waals surface area (Å²) in [7, 11) is -3.52. The first-order valence-corrected chi connectivity index (χ1v) is 9.14. The van der Waals surface area contributed by atoms with Crippen LogP contribution in [0, 0.1) is 0 Å². The maximum Gasteiger partial charge on any atom is 0.418 e. The van der Waals surface area contributed by atoms with Crippen LogP contribution in [0.1, 0.15) is 25.3 Å². The van der Waals surface area contributed by atoms with Gasteiger partial charge in [-0.25, -0.2) is 8.42 Å². The fourth-order valence-corrected chi connectivity index (χ4v) is 3.17. The summed E-state index contributed by atoms with van der Waals surface area (Å²) in [6.45, 7) is 1.87. The number of benzene rings is 1. The number of hydrogen-bond acceptors (Lipinski definition) is 5. The number of para-hydroxylation sites is 1. The van der Waals surface area contributed by atoms with Gasteiger partial charge in [-0.2, -0.15) is 13.2 Å². The van der Waals surface area contributed by atoms with E-state index in [1.165, 1.54) is 30.3 Å². The summed E-state index contributed by atoms with van der Waals surface area (Å²) in [5.41, 5.74) is -0.998. The number of alkyl halides is 3. The van der Waals surface area contributed by atoms with Crippen LogP contribution in [0.4, 0.5) is 30.5 Å². The minimum Gasteiger partial charge on any atom is -0.338 e. The van der Waals surface area contributed by atoms with Gasteiger partial charge in [-0.3, -0.25) is 4.72 Å². The van der Waals surface area contributed by atoms with Crippen molar-refractivity contribution in [2.45, 2.75) is 25.9 Å². The Kier molecular flexibility index (Phi) is 5.83. The molecule has 136 valence electrons. The molecule has 0 fully saturated rings. The molecule has 1 aromatic carbocycles. The molecule has 0 spiro atoms. The van der Waals surface area contributed by atoms with E-state index < -0.39 is 21.8 Å². The summed E-state index contributed by atoms with van der Waals surface area (Å²) in [6.07, 6.45) is -3.27. The van der Waals surface area contributed by atoms with Crippen molar-refractivity contribution in [3.05, 3.63) is 42.0 Å². The summed E-state index contributed by atoms with van der Waals surface area (Å²) < 4.78 is 64.7. The summed E-state index contributed by atoms with van der Waals surface area (Å²) in [5.74, 6) is 0.0309. The maximum atomic E-state index is 13.0. The molecule has 0 saturated carbocycles. The third kappa shape index (κ3) is 5.59. The monoisotopic (exact) mass is 374 g/mol. The van der Waals surface area contributed by atoms with Crippen LogP contribution >= 0.6 is 0 Å². The quantitative estimate of drug-likeness (QED) is 0.771. The van der Waals surface area contributed by atoms with Crippen LogP contribution in [-0.4, -0.2) is 24.4 Å². The first-order chi connectivity index (χ1) is 11.7. The summed E-state index contributed by atoms with van der Waals surface area (Å²) >= 11 is 0. The smallest absolute Gasteiger partial charge is 0.338 e. The van der Waals surface area contributed by atoms with Gasteiger partial charge in [0.1, 0.15) is 0 Å². The molecule has 0 atom stereocenters. The Hall–Kier alpha value is -2.36. The van der Waals surface area contributed by atoms with Gasteiger partial charge in [0.2, 0.25) is 10.0 Å². The molecule has 2 N–H and O–H groups in total. The third-order valence-corrected chi connectivity index (χ3v) is 4.53. The van der Waals surface area contributed by atoms with E-state index in [0.29, 0.717) is 6.42 Å². The number of nitrogens with one attached hydrogen (secondary N) is 2. The number of rotatable bonds is 7. The summed E-state index contributed by atoms with van der Waals surface area (Å²) in [6, 6.07) is 7.64. The number of nitrogens with zero attached hydrogens (tertiary/aromatic N) is 2. The fraction of sp³-hybridized carbons (Fsp3) is 0.333. The van der Waals surface area contributed by atoms with Crippen molar-refractivity contribution >= 4 is 27.3 Å². The standard InChI is InChI=1S/C15H17F3N4O2S/c1-2-3-10-25(23,24)22-14-9-8-13(20-21-14)19-12-7-5-4-6-11(12)15(16,17)18/h4-9H,2-3,10H2,1H3,(H,19,20)(H,21,22). The normalized spacial score (nSPS) is 12.0. The largest absolute Gasteiger partial charge is 0.418 e. The lowest BCUT2D eigenvalue weighted by Gasteiger charge is -2.13. The molecule has 2 rings (SSSR count). The Bertz CT molecular complexity index is 808. The molecule has 0 saturated heterocycles. The molecule has 2 aromatic rings. The van der Waals surface area contributed by atoms with Gasteiger partial charge in [-0.15, -0.1) is 10.2 Å². The van der Waals surface area contributed by atoms with Gasteiger partial charge in [-0.05, 0) is 30.7 Å². The van der Waals surface area contributed by atoms with E-state index in [0.717, 1.165) is 12.5 Å². The van der Waals surface area contributed by atoms with Gasteiger partial charge in [0.25, 0.3) is 0 Å². The van der Waals surface area contributed by atoms with Crippen molar-refractivity contribution in [3.63, 3.8) is 0 Å². The Morgan fingerprint density at radius 3 is 2.28 bits per heavy atom. The zero-order chi connectivity index (χ0) is 18.5. The molecule has 0 amide bonds. The minimum absolute atomic E-state index is 0.00533. The van der Waals surface area contributed by atoms with Gasteiger partial charge in [0.05, 0.1) is 17.0 Å². The van der Waals surface area contributed by atoms with Gasteiger partial charge in [-0.1, -0.05) is 25.5 Å². The Morgan fingerprint density at radius 2 is 1.68 bits per heavy atom. The van der Waals surface area contributed by atoms with E-state index in [-0.39, 0.29) is 23.1 Å². The van der Waals surface area contributed by atoms with E-state index in [1.54, 1.807) is 0 Å². The van der Waals surface area contributed by atoms with Gasteiger partial charge >= 0.3 is 6.18 Å². The van der Waals surface area contributed by atoms with E-state index in [2.05, 4.69) is 20.2 Å². The molecule has 6 nitrogen and oxygen atoms in total. The molecule has 0 bridgehead atoms. The number of anilines is 3. The van der Waals surface area contributed by atoms with E-state index in [9.17, 15) is 21.6 Å². The van der Waals surface area contributed by atoms with Gasteiger partial charge < -0.3 is 5.32 Å². The molecule has 0 aliphatic carbocycles. The zero-order valence-corrected chi connectivity index (χ0v) is 14.2. The van der Waals surface area contributed by atoms with Crippen LogP contribution < -0.4 is 10.0 Å². The van der Waals surface area contributed by atoms with Crippen LogP contribution in [0.5, 0.6) is 0 Å². The second kappa shape index (κ2) is 7.68. The molecule has 25 heavy (non-hydrogen) atoms. The molecular weight excluding hydrogens is 357 g/mol. The van der Waals surface area contributed by atoms with E-state index >= 15 is 0 Å². The molecule has 0 aliphatic heterocycles. The second-order valence-electron chi connectivity index (χ2n) is 5.25. The van der Waals surface area contributed by atoms with Crippen LogP contribution in [0.15, 0.2) is 36.4 Å². The lowest BCUT2D eigenvalue weighted by molar-refractivity contribution is -0.136. The lowest BCUT2D eigenvalue weighted by atomic mass is 10.1. The zero-order valence-electron chi connectivity index (χ0n) is 13.3. The SMILES string of the molecule is CCCCS(=O)(=O)Nc1ccc(Nc2ccccc2C(F)(F)F)nn1. The van der Waals surface area contributed by atoms with Gasteiger partial charge in [0, 0.05) is 0 Å².